The Balaban J connectivity index is 1.25. The lowest BCUT2D eigenvalue weighted by molar-refractivity contribution is -0.157. The van der Waals surface area contributed by atoms with E-state index in [-0.39, 0.29) is 19.8 Å². The van der Waals surface area contributed by atoms with E-state index in [1.54, 1.807) is 12.1 Å². The fourth-order valence-electron chi connectivity index (χ4n) is 10.0. The molecule has 6 aliphatic rings. The molecule has 0 saturated carbocycles. The van der Waals surface area contributed by atoms with Gasteiger partial charge < -0.3 is 45.9 Å². The fourth-order valence-corrected chi connectivity index (χ4v) is 10.0. The number of nitrogens with zero attached hydrogens (tertiary/aromatic N) is 2. The van der Waals surface area contributed by atoms with Crippen LogP contribution in [0.1, 0.15) is 29.6 Å². The molecule has 2 unspecified atom stereocenters. The van der Waals surface area contributed by atoms with Crippen molar-refractivity contribution in [3.63, 3.8) is 0 Å². The van der Waals surface area contributed by atoms with Crippen LogP contribution in [0.15, 0.2) is 138 Å². The molecule has 3 aromatic rings. The number of hydrogen-bond acceptors (Lipinski definition) is 10. The van der Waals surface area contributed by atoms with Gasteiger partial charge in [-0.15, -0.1) is 0 Å². The number of aliphatic hydroxyl groups is 1. The lowest BCUT2D eigenvalue weighted by Crippen LogP contribution is -2.52. The van der Waals surface area contributed by atoms with Gasteiger partial charge in [0.2, 0.25) is 11.8 Å². The Bertz CT molecular complexity index is 2340. The largest absolute Gasteiger partial charge is 0.491 e. The number of urea groups is 1. The lowest BCUT2D eigenvalue weighted by Gasteiger charge is -2.44. The number of primary amides is 1. The highest BCUT2D eigenvalue weighted by atomic mass is 16.5. The average Bonchev–Trinajstić information content (AvgIpc) is 3.77. The summed E-state index contributed by atoms with van der Waals surface area (Å²) in [5, 5.41) is 18.5. The summed E-state index contributed by atoms with van der Waals surface area (Å²) in [6.45, 7) is 2.74. The predicted octanol–water partition coefficient (Wildman–Crippen LogP) is 4.21. The summed E-state index contributed by atoms with van der Waals surface area (Å²) in [4.78, 5) is 62.2. The second kappa shape index (κ2) is 16.9. The molecule has 6 N–H and O–H groups in total. The Morgan fingerprint density at radius 3 is 2.43 bits per heavy atom. The van der Waals surface area contributed by atoms with Crippen molar-refractivity contribution >= 4 is 35.2 Å². The summed E-state index contributed by atoms with van der Waals surface area (Å²) in [5.74, 6) is -2.61. The molecular formula is C47H48N6O8. The van der Waals surface area contributed by atoms with Crippen LogP contribution in [-0.4, -0.2) is 92.0 Å². The van der Waals surface area contributed by atoms with Crippen LogP contribution in [0.25, 0.3) is 0 Å². The normalized spacial score (nSPS) is 29.1. The summed E-state index contributed by atoms with van der Waals surface area (Å²) >= 11 is 0. The molecule has 14 heteroatoms. The Labute approximate surface area is 353 Å². The van der Waals surface area contributed by atoms with Crippen LogP contribution >= 0.6 is 0 Å². The molecule has 4 saturated heterocycles. The Kier molecular flexibility index (Phi) is 11.1. The van der Waals surface area contributed by atoms with Gasteiger partial charge in [0.25, 0.3) is 0 Å². The van der Waals surface area contributed by atoms with Crippen molar-refractivity contribution in [3.8, 4) is 5.75 Å². The van der Waals surface area contributed by atoms with Crippen LogP contribution in [0, 0.1) is 17.3 Å². The number of carbonyl (C=O) groups is 4. The molecule has 4 heterocycles. The van der Waals surface area contributed by atoms with E-state index in [4.69, 9.17) is 19.9 Å². The number of hydrogen-bond donors (Lipinski definition) is 5. The number of esters is 1. The predicted molar refractivity (Wildman–Crippen MR) is 227 cm³/mol. The molecule has 14 nitrogen and oxygen atoms in total. The maximum Gasteiger partial charge on any atom is 0.329 e. The number of fused-ring (bicyclic) bond motifs is 3. The second-order valence-corrected chi connectivity index (χ2v) is 15.9. The van der Waals surface area contributed by atoms with Gasteiger partial charge in [-0.05, 0) is 65.1 Å². The lowest BCUT2D eigenvalue weighted by atomic mass is 9.60. The van der Waals surface area contributed by atoms with Crippen molar-refractivity contribution in [1.29, 1.82) is 0 Å². The molecule has 61 heavy (non-hydrogen) atoms. The summed E-state index contributed by atoms with van der Waals surface area (Å²) in [5.41, 5.74) is 8.33. The first kappa shape index (κ1) is 40.0. The standard InChI is InChI=1S/C47H48N6O8/c48-46(58)49-28-29-11-20-37-36(27-29)47(45(57)51-37)38(43(55)50-33-14-16-34(17-15-33)52-21-24-59-25-22-52)40-44(56)61-41(31-9-5-2-6-10-31)39(30-7-3-1-4-8-30)53(40)42(47)32-12-18-35(19-13-32)60-26-23-54/h1-9,11-20,27,36-40,42,54H,10,21-26,28H2,(H,50,55)(H,51,57)(H3,48,49,58)/b41-31+/t36?,37?,38-,39-,40-,42+,47-/m1/s1. The third kappa shape index (κ3) is 7.30. The number of nitrogens with two attached hydrogens (primary N) is 1. The summed E-state index contributed by atoms with van der Waals surface area (Å²) < 4.78 is 17.8. The summed E-state index contributed by atoms with van der Waals surface area (Å²) in [7, 11) is 0. The number of cyclic esters (lactones) is 1. The zero-order valence-corrected chi connectivity index (χ0v) is 33.4. The minimum Gasteiger partial charge on any atom is -0.491 e. The molecule has 4 fully saturated rings. The van der Waals surface area contributed by atoms with Crippen molar-refractivity contribution in [3.05, 3.63) is 149 Å². The van der Waals surface area contributed by atoms with Gasteiger partial charge in [-0.25, -0.2) is 9.59 Å². The topological polar surface area (TPSA) is 185 Å². The third-order valence-electron chi connectivity index (χ3n) is 12.6. The van der Waals surface area contributed by atoms with Crippen LogP contribution in [0.5, 0.6) is 5.75 Å². The molecular weight excluding hydrogens is 777 g/mol. The molecule has 0 radical (unpaired) electrons. The zero-order chi connectivity index (χ0) is 42.1. The number of carbonyl (C=O) groups excluding carboxylic acids is 4. The van der Waals surface area contributed by atoms with E-state index in [9.17, 15) is 9.90 Å². The van der Waals surface area contributed by atoms with Crippen LogP contribution in [0.2, 0.25) is 0 Å². The van der Waals surface area contributed by atoms with Crippen molar-refractivity contribution < 1.29 is 38.5 Å². The van der Waals surface area contributed by atoms with E-state index in [1.807, 2.05) is 114 Å². The van der Waals surface area contributed by atoms with Crippen LogP contribution in [-0.2, 0) is 23.9 Å². The van der Waals surface area contributed by atoms with E-state index in [2.05, 4.69) is 20.9 Å². The monoisotopic (exact) mass is 824 g/mol. The van der Waals surface area contributed by atoms with Crippen molar-refractivity contribution in [2.24, 2.45) is 23.0 Å². The molecule has 4 aliphatic heterocycles. The third-order valence-corrected chi connectivity index (χ3v) is 12.6. The maximum atomic E-state index is 15.5. The Morgan fingerprint density at radius 1 is 0.951 bits per heavy atom. The van der Waals surface area contributed by atoms with Gasteiger partial charge in [-0.3, -0.25) is 14.5 Å². The van der Waals surface area contributed by atoms with E-state index < -0.39 is 65.2 Å². The molecule has 0 bridgehead atoms. The minimum absolute atomic E-state index is 0.0861. The Hall–Kier alpha value is -6.48. The van der Waals surface area contributed by atoms with Gasteiger partial charge in [0, 0.05) is 36.9 Å². The first-order chi connectivity index (χ1) is 29.8. The average molecular weight is 825 g/mol. The first-order valence-corrected chi connectivity index (χ1v) is 20.7. The van der Waals surface area contributed by atoms with E-state index in [1.165, 1.54) is 0 Å². The number of morpholine rings is 2. The number of ether oxygens (including phenoxy) is 3. The number of rotatable bonds is 10. The van der Waals surface area contributed by atoms with E-state index in [0.717, 1.165) is 29.9 Å². The van der Waals surface area contributed by atoms with E-state index in [0.29, 0.717) is 48.0 Å². The Morgan fingerprint density at radius 2 is 1.72 bits per heavy atom. The number of anilines is 2. The second-order valence-electron chi connectivity index (χ2n) is 15.9. The number of amides is 4. The van der Waals surface area contributed by atoms with Crippen LogP contribution in [0.3, 0.4) is 0 Å². The van der Waals surface area contributed by atoms with Crippen molar-refractivity contribution in [1.82, 2.24) is 15.5 Å². The van der Waals surface area contributed by atoms with Crippen LogP contribution in [0.4, 0.5) is 16.2 Å². The highest BCUT2D eigenvalue weighted by Crippen LogP contribution is 2.66. The smallest absolute Gasteiger partial charge is 0.329 e. The number of allylic oxidation sites excluding steroid dienone is 5. The molecule has 1 spiro atoms. The molecule has 314 valence electrons. The molecule has 7 atom stereocenters. The SMILES string of the molecule is NC(=O)NCC1=CC2C(C=C1)NC(=O)[C@]21[C@H](c2ccc(OCCO)cc2)N2[C@H](c3ccccc3)/C(=C3/C=CC=CC3)OC(=O)[C@H]2[C@@H]1C(=O)Nc1ccc(N2CCOCC2)cc1. The quantitative estimate of drug-likeness (QED) is 0.186. The first-order valence-electron chi connectivity index (χ1n) is 20.7. The van der Waals surface area contributed by atoms with Gasteiger partial charge in [0.15, 0.2) is 0 Å². The van der Waals surface area contributed by atoms with Gasteiger partial charge in [0.05, 0.1) is 49.3 Å². The highest BCUT2D eigenvalue weighted by Gasteiger charge is 2.76. The minimum atomic E-state index is -1.63. The maximum absolute atomic E-state index is 15.5. The summed E-state index contributed by atoms with van der Waals surface area (Å²) in [6.07, 6.45) is 13.9. The molecule has 9 rings (SSSR count). The number of nitrogens with one attached hydrogen (secondary N) is 3. The molecule has 0 aromatic heterocycles. The van der Waals surface area contributed by atoms with Crippen molar-refractivity contribution in [2.45, 2.75) is 30.6 Å². The van der Waals surface area contributed by atoms with Gasteiger partial charge in [-0.1, -0.05) is 85.0 Å². The van der Waals surface area contributed by atoms with E-state index >= 15 is 14.4 Å². The van der Waals surface area contributed by atoms with Crippen LogP contribution < -0.4 is 31.3 Å². The number of aliphatic hydroxyl groups excluding tert-OH is 1. The highest BCUT2D eigenvalue weighted by molar-refractivity contribution is 6.04. The van der Waals surface area contributed by atoms with Crippen molar-refractivity contribution in [2.75, 3.05) is 56.3 Å². The summed E-state index contributed by atoms with van der Waals surface area (Å²) in [6, 6.07) is 20.4. The van der Waals surface area contributed by atoms with Gasteiger partial charge in [-0.2, -0.15) is 0 Å². The van der Waals surface area contributed by atoms with Gasteiger partial charge in [0.1, 0.15) is 24.2 Å². The number of benzene rings is 3. The van der Waals surface area contributed by atoms with Gasteiger partial charge >= 0.3 is 12.0 Å². The molecule has 3 aromatic carbocycles. The molecule has 4 amide bonds. The zero-order valence-electron chi connectivity index (χ0n) is 33.4. The fraction of sp³-hybridized carbons (Fsp3) is 0.319. The molecule has 2 aliphatic carbocycles.